The fourth-order valence-corrected chi connectivity index (χ4v) is 2.61. The van der Waals surface area contributed by atoms with Gasteiger partial charge in [-0.2, -0.15) is 5.10 Å². The summed E-state index contributed by atoms with van der Waals surface area (Å²) < 4.78 is 6.99. The highest BCUT2D eigenvalue weighted by molar-refractivity contribution is 6.44. The predicted octanol–water partition coefficient (Wildman–Crippen LogP) is 0.504. The van der Waals surface area contributed by atoms with Crippen LogP contribution in [-0.4, -0.2) is 33.0 Å². The minimum absolute atomic E-state index is 0.0843. The van der Waals surface area contributed by atoms with Gasteiger partial charge in [0.15, 0.2) is 0 Å². The van der Waals surface area contributed by atoms with Crippen molar-refractivity contribution in [1.29, 1.82) is 0 Å². The highest BCUT2D eigenvalue weighted by Crippen LogP contribution is 2.33. The highest BCUT2D eigenvalue weighted by atomic mass is 16.5. The number of rotatable bonds is 4. The van der Waals surface area contributed by atoms with Crippen LogP contribution in [0.5, 0.6) is 5.75 Å². The van der Waals surface area contributed by atoms with Crippen LogP contribution in [0.4, 0.5) is 0 Å². The highest BCUT2D eigenvalue weighted by Gasteiger charge is 2.29. The first-order valence-electron chi connectivity index (χ1n) is 7.02. The lowest BCUT2D eigenvalue weighted by molar-refractivity contribution is 0.0693. The van der Waals surface area contributed by atoms with Gasteiger partial charge in [0.05, 0.1) is 12.7 Å². The molecule has 0 atom stereocenters. The minimum atomic E-state index is -1.08. The lowest BCUT2D eigenvalue weighted by atomic mass is 9.78. The van der Waals surface area contributed by atoms with Crippen LogP contribution in [0.15, 0.2) is 24.5 Å². The van der Waals surface area contributed by atoms with Crippen molar-refractivity contribution in [3.05, 3.63) is 46.8 Å². The molecule has 0 saturated carbocycles. The van der Waals surface area contributed by atoms with Crippen LogP contribution in [0.25, 0.3) is 0 Å². The number of aromatic carboxylic acids is 1. The number of hydrogen-bond donors (Lipinski definition) is 3. The molecule has 2 heterocycles. The summed E-state index contributed by atoms with van der Waals surface area (Å²) in [7, 11) is -0.964. The Morgan fingerprint density at radius 2 is 2.32 bits per heavy atom. The molecule has 114 valence electrons. The fraction of sp³-hybridized carbons (Fsp3) is 0.286. The molecule has 3 rings (SSSR count). The second kappa shape index (κ2) is 5.82. The second-order valence-electron chi connectivity index (χ2n) is 5.25. The van der Waals surface area contributed by atoms with E-state index >= 15 is 0 Å². The minimum Gasteiger partial charge on any atom is -0.535 e. The Kier molecular flexibility index (Phi) is 3.87. The number of aryl methyl sites for hydroxylation is 1. The van der Waals surface area contributed by atoms with Crippen LogP contribution >= 0.6 is 0 Å². The first kappa shape index (κ1) is 14.6. The molecule has 0 fully saturated rings. The SMILES string of the molecule is NCc1cnn(Cc2ccc3c(c2C(=O)O)OB(O)CC3)c1. The molecule has 0 amide bonds. The number of carbonyl (C=O) groups is 1. The van der Waals surface area contributed by atoms with Gasteiger partial charge in [0.25, 0.3) is 0 Å². The van der Waals surface area contributed by atoms with Crippen molar-refractivity contribution < 1.29 is 19.6 Å². The third kappa shape index (κ3) is 2.70. The van der Waals surface area contributed by atoms with Crippen molar-refractivity contribution in [2.75, 3.05) is 0 Å². The lowest BCUT2D eigenvalue weighted by Gasteiger charge is -2.23. The normalized spacial score (nSPS) is 13.6. The summed E-state index contributed by atoms with van der Waals surface area (Å²) in [4.78, 5) is 11.6. The number of nitrogens with zero attached hydrogens (tertiary/aromatic N) is 2. The zero-order valence-electron chi connectivity index (χ0n) is 11.9. The van der Waals surface area contributed by atoms with Gasteiger partial charge in [0.1, 0.15) is 11.3 Å². The van der Waals surface area contributed by atoms with Gasteiger partial charge < -0.3 is 20.5 Å². The van der Waals surface area contributed by atoms with Gasteiger partial charge in [0.2, 0.25) is 0 Å². The molecule has 1 aliphatic rings. The Balaban J connectivity index is 2.00. The van der Waals surface area contributed by atoms with Gasteiger partial charge in [-0.3, -0.25) is 4.68 Å². The van der Waals surface area contributed by atoms with E-state index in [9.17, 15) is 14.9 Å². The maximum absolute atomic E-state index is 11.6. The molecule has 0 spiro atoms. The first-order chi connectivity index (χ1) is 10.6. The number of aromatic nitrogens is 2. The summed E-state index contributed by atoms with van der Waals surface area (Å²) in [6.07, 6.45) is 4.49. The van der Waals surface area contributed by atoms with Gasteiger partial charge in [-0.05, 0) is 23.9 Å². The molecule has 8 heteroatoms. The molecule has 0 aliphatic carbocycles. The summed E-state index contributed by atoms with van der Waals surface area (Å²) in [6, 6.07) is 3.61. The van der Waals surface area contributed by atoms with E-state index in [-0.39, 0.29) is 11.3 Å². The molecular formula is C14H16BN3O4. The van der Waals surface area contributed by atoms with E-state index in [1.54, 1.807) is 23.1 Å². The van der Waals surface area contributed by atoms with E-state index in [1.165, 1.54) is 0 Å². The summed E-state index contributed by atoms with van der Waals surface area (Å²) >= 11 is 0. The Labute approximate surface area is 127 Å². The molecule has 1 aromatic heterocycles. The molecule has 0 unspecified atom stereocenters. The summed E-state index contributed by atoms with van der Waals surface area (Å²) in [5, 5.41) is 23.3. The number of fused-ring (bicyclic) bond motifs is 1. The summed E-state index contributed by atoms with van der Waals surface area (Å²) in [5.74, 6) is -0.817. The molecule has 7 nitrogen and oxygen atoms in total. The maximum atomic E-state index is 11.6. The summed E-state index contributed by atoms with van der Waals surface area (Å²) in [5.41, 5.74) is 7.88. The number of carboxylic acid groups (broad SMARTS) is 1. The average Bonchev–Trinajstić information content (AvgIpc) is 2.94. The molecular weight excluding hydrogens is 285 g/mol. The largest absolute Gasteiger partial charge is 0.535 e. The lowest BCUT2D eigenvalue weighted by Crippen LogP contribution is -2.28. The van der Waals surface area contributed by atoms with Crippen molar-refractivity contribution in [3.8, 4) is 5.75 Å². The molecule has 0 radical (unpaired) electrons. The number of benzene rings is 1. The van der Waals surface area contributed by atoms with Crippen molar-refractivity contribution >= 4 is 13.1 Å². The topological polar surface area (TPSA) is 111 Å². The molecule has 0 saturated heterocycles. The van der Waals surface area contributed by atoms with Crippen molar-refractivity contribution in [1.82, 2.24) is 9.78 Å². The van der Waals surface area contributed by atoms with Gasteiger partial charge in [-0.1, -0.05) is 12.1 Å². The van der Waals surface area contributed by atoms with Crippen LogP contribution in [-0.2, 0) is 19.5 Å². The van der Waals surface area contributed by atoms with E-state index in [2.05, 4.69) is 5.10 Å². The standard InChI is InChI=1S/C14H16BN3O4/c16-5-9-6-17-18(7-9)8-11-2-1-10-3-4-15(21)22-13(10)12(11)14(19)20/h1-2,6-7,21H,3-5,8,16H2,(H,19,20). The smallest absolute Gasteiger partial charge is 0.522 e. The molecule has 22 heavy (non-hydrogen) atoms. The fourth-order valence-electron chi connectivity index (χ4n) is 2.61. The summed E-state index contributed by atoms with van der Waals surface area (Å²) in [6.45, 7) is 0.680. The third-order valence-electron chi connectivity index (χ3n) is 3.71. The quantitative estimate of drug-likeness (QED) is 0.709. The van der Waals surface area contributed by atoms with Crippen molar-refractivity contribution in [2.45, 2.75) is 25.8 Å². The Morgan fingerprint density at radius 1 is 1.50 bits per heavy atom. The van der Waals surface area contributed by atoms with E-state index < -0.39 is 13.1 Å². The molecule has 1 aliphatic heterocycles. The first-order valence-corrected chi connectivity index (χ1v) is 7.02. The van der Waals surface area contributed by atoms with E-state index in [0.29, 0.717) is 31.4 Å². The van der Waals surface area contributed by atoms with Crippen LogP contribution in [0.3, 0.4) is 0 Å². The number of hydrogen-bond acceptors (Lipinski definition) is 5. The third-order valence-corrected chi connectivity index (χ3v) is 3.71. The van der Waals surface area contributed by atoms with Crippen LogP contribution < -0.4 is 10.4 Å². The van der Waals surface area contributed by atoms with Crippen molar-refractivity contribution in [3.63, 3.8) is 0 Å². The Morgan fingerprint density at radius 3 is 3.00 bits per heavy atom. The zero-order chi connectivity index (χ0) is 15.7. The number of carboxylic acids is 1. The van der Waals surface area contributed by atoms with Gasteiger partial charge >= 0.3 is 13.1 Å². The second-order valence-corrected chi connectivity index (χ2v) is 5.25. The van der Waals surface area contributed by atoms with Gasteiger partial charge in [0, 0.05) is 18.3 Å². The van der Waals surface area contributed by atoms with Crippen molar-refractivity contribution in [2.24, 2.45) is 5.73 Å². The molecule has 2 aromatic rings. The molecule has 0 bridgehead atoms. The maximum Gasteiger partial charge on any atom is 0.522 e. The van der Waals surface area contributed by atoms with Gasteiger partial charge in [-0.15, -0.1) is 0 Å². The number of nitrogens with two attached hydrogens (primary N) is 1. The van der Waals surface area contributed by atoms with E-state index in [1.807, 2.05) is 6.07 Å². The molecule has 1 aromatic carbocycles. The molecule has 4 N–H and O–H groups in total. The van der Waals surface area contributed by atoms with Crippen LogP contribution in [0, 0.1) is 0 Å². The zero-order valence-corrected chi connectivity index (χ0v) is 11.9. The monoisotopic (exact) mass is 301 g/mol. The van der Waals surface area contributed by atoms with E-state index in [4.69, 9.17) is 10.4 Å². The Hall–Kier alpha value is -2.32. The van der Waals surface area contributed by atoms with Crippen LogP contribution in [0.2, 0.25) is 6.32 Å². The predicted molar refractivity (Wildman–Crippen MR) is 79.7 cm³/mol. The van der Waals surface area contributed by atoms with Crippen LogP contribution in [0.1, 0.15) is 27.0 Å². The van der Waals surface area contributed by atoms with E-state index in [0.717, 1.165) is 11.1 Å². The van der Waals surface area contributed by atoms with Gasteiger partial charge in [-0.25, -0.2) is 4.79 Å². The Bertz CT molecular complexity index is 716. The average molecular weight is 301 g/mol.